The molecule has 4 unspecified atom stereocenters. The van der Waals surface area contributed by atoms with E-state index in [0.29, 0.717) is 31.3 Å². The Morgan fingerprint density at radius 1 is 1.20 bits per heavy atom. The maximum Gasteiger partial charge on any atom is 0.239 e. The smallest absolute Gasteiger partial charge is 0.239 e. The molecule has 0 aromatic heterocycles. The van der Waals surface area contributed by atoms with Gasteiger partial charge in [-0.15, -0.1) is 0 Å². The summed E-state index contributed by atoms with van der Waals surface area (Å²) < 4.78 is 27.0. The van der Waals surface area contributed by atoms with Crippen molar-refractivity contribution in [3.63, 3.8) is 0 Å². The summed E-state index contributed by atoms with van der Waals surface area (Å²) in [5.41, 5.74) is 0. The van der Waals surface area contributed by atoms with Crippen LogP contribution in [0.5, 0.6) is 0 Å². The molecular weight excluding hydrogens is 390 g/mol. The second-order valence-electron chi connectivity index (χ2n) is 9.77. The first kappa shape index (κ1) is 25.2. The van der Waals surface area contributed by atoms with Crippen molar-refractivity contribution in [2.45, 2.75) is 83.5 Å². The van der Waals surface area contributed by atoms with Gasteiger partial charge < -0.3 is 20.8 Å². The van der Waals surface area contributed by atoms with Crippen LogP contribution >= 0.6 is 0 Å². The SMILES string of the molecule is CC(C)[C@@H](NCC1CCCC(O)C1)C(=O)N1CCC(C2CC=C(F)C(F)C2)CC1.O. The second-order valence-corrected chi connectivity index (χ2v) is 9.77. The Bertz CT molecular complexity index is 579. The number of nitrogens with zero attached hydrogens (tertiary/aromatic N) is 1. The highest BCUT2D eigenvalue weighted by molar-refractivity contribution is 5.82. The molecule has 7 heteroatoms. The number of hydrogen-bond acceptors (Lipinski definition) is 3. The fourth-order valence-corrected chi connectivity index (χ4v) is 5.39. The van der Waals surface area contributed by atoms with Crippen LogP contribution in [0.1, 0.15) is 65.2 Å². The van der Waals surface area contributed by atoms with E-state index >= 15 is 0 Å². The molecule has 5 nitrogen and oxygen atoms in total. The number of piperidine rings is 1. The summed E-state index contributed by atoms with van der Waals surface area (Å²) in [6, 6.07) is -0.201. The number of alkyl halides is 1. The van der Waals surface area contributed by atoms with E-state index in [4.69, 9.17) is 0 Å². The third kappa shape index (κ3) is 6.47. The van der Waals surface area contributed by atoms with E-state index in [2.05, 4.69) is 19.2 Å². The summed E-state index contributed by atoms with van der Waals surface area (Å²) in [6.07, 6.45) is 6.30. The summed E-state index contributed by atoms with van der Waals surface area (Å²) >= 11 is 0. The van der Waals surface area contributed by atoms with Gasteiger partial charge in [0.05, 0.1) is 12.1 Å². The number of hydrogen-bond donors (Lipinski definition) is 2. The zero-order valence-corrected chi connectivity index (χ0v) is 18.5. The Morgan fingerprint density at radius 3 is 2.50 bits per heavy atom. The highest BCUT2D eigenvalue weighted by Gasteiger charge is 2.35. The monoisotopic (exact) mass is 430 g/mol. The number of halogens is 2. The molecule has 3 rings (SSSR count). The fourth-order valence-electron chi connectivity index (χ4n) is 5.39. The minimum Gasteiger partial charge on any atom is -0.412 e. The molecule has 3 aliphatic rings. The van der Waals surface area contributed by atoms with E-state index < -0.39 is 12.0 Å². The molecular formula is C23H40F2N2O3. The Labute approximate surface area is 179 Å². The van der Waals surface area contributed by atoms with Gasteiger partial charge in [-0.2, -0.15) is 0 Å². The maximum atomic E-state index is 13.7. The molecule has 2 fully saturated rings. The van der Waals surface area contributed by atoms with Crippen molar-refractivity contribution in [3.8, 4) is 0 Å². The molecule has 4 N–H and O–H groups in total. The molecule has 5 atom stereocenters. The number of allylic oxidation sites excluding steroid dienone is 2. The topological polar surface area (TPSA) is 84.1 Å². The standard InChI is InChI=1S/C23H38F2N2O2.H2O/c1-15(2)22(26-14-16-4-3-5-19(28)12-16)23(29)27-10-8-17(9-11-27)18-6-7-20(24)21(25)13-18;/h7,15-19,21-22,26,28H,3-6,8-14H2,1-2H3;1H2/t16?,18?,19?,21?,22-;/m1./s1. The zero-order valence-electron chi connectivity index (χ0n) is 18.5. The first-order chi connectivity index (χ1) is 13.8. The number of carbonyl (C=O) groups excluding carboxylic acids is 1. The molecule has 1 amide bonds. The van der Waals surface area contributed by atoms with E-state index in [1.165, 1.54) is 6.08 Å². The summed E-state index contributed by atoms with van der Waals surface area (Å²) in [5.74, 6) is 0.756. The normalized spacial score (nSPS) is 31.8. The minimum absolute atomic E-state index is 0. The van der Waals surface area contributed by atoms with Crippen LogP contribution in [-0.2, 0) is 4.79 Å². The van der Waals surface area contributed by atoms with Gasteiger partial charge in [0.15, 0.2) is 6.17 Å². The first-order valence-electron chi connectivity index (χ1n) is 11.5. The van der Waals surface area contributed by atoms with Gasteiger partial charge in [0.2, 0.25) is 5.91 Å². The van der Waals surface area contributed by atoms with E-state index in [-0.39, 0.29) is 41.8 Å². The van der Waals surface area contributed by atoms with Crippen molar-refractivity contribution in [2.75, 3.05) is 19.6 Å². The third-order valence-corrected chi connectivity index (χ3v) is 7.26. The zero-order chi connectivity index (χ0) is 21.0. The van der Waals surface area contributed by atoms with Gasteiger partial charge in [-0.3, -0.25) is 4.79 Å². The van der Waals surface area contributed by atoms with E-state index in [1.54, 1.807) is 0 Å². The highest BCUT2D eigenvalue weighted by atomic mass is 19.2. The molecule has 0 bridgehead atoms. The Hall–Kier alpha value is -1.05. The van der Waals surface area contributed by atoms with Crippen molar-refractivity contribution < 1.29 is 24.2 Å². The molecule has 1 aliphatic heterocycles. The average molecular weight is 431 g/mol. The molecule has 2 aliphatic carbocycles. The van der Waals surface area contributed by atoms with Crippen LogP contribution in [0.4, 0.5) is 8.78 Å². The summed E-state index contributed by atoms with van der Waals surface area (Å²) in [4.78, 5) is 15.1. The Kier molecular flexibility index (Phi) is 9.69. The molecule has 174 valence electrons. The van der Waals surface area contributed by atoms with Crippen LogP contribution in [0.2, 0.25) is 0 Å². The molecule has 30 heavy (non-hydrogen) atoms. The quantitative estimate of drug-likeness (QED) is 0.679. The Balaban J connectivity index is 0.00000320. The lowest BCUT2D eigenvalue weighted by Crippen LogP contribution is -2.53. The van der Waals surface area contributed by atoms with Gasteiger partial charge in [0.25, 0.3) is 0 Å². The summed E-state index contributed by atoms with van der Waals surface area (Å²) in [5, 5.41) is 13.4. The number of likely N-dealkylation sites (tertiary alicyclic amines) is 1. The van der Waals surface area contributed by atoms with E-state index in [9.17, 15) is 18.7 Å². The van der Waals surface area contributed by atoms with Crippen LogP contribution in [0.3, 0.4) is 0 Å². The Morgan fingerprint density at radius 2 is 1.90 bits per heavy atom. The minimum atomic E-state index is -1.44. The van der Waals surface area contributed by atoms with E-state index in [0.717, 1.165) is 45.1 Å². The number of aliphatic hydroxyl groups excluding tert-OH is 1. The number of aliphatic hydroxyl groups is 1. The van der Waals surface area contributed by atoms with Crippen molar-refractivity contribution in [2.24, 2.45) is 23.7 Å². The highest BCUT2D eigenvalue weighted by Crippen LogP contribution is 2.37. The lowest BCUT2D eigenvalue weighted by atomic mass is 9.77. The van der Waals surface area contributed by atoms with E-state index in [1.807, 2.05) is 4.90 Å². The molecule has 0 spiro atoms. The van der Waals surface area contributed by atoms with Crippen LogP contribution in [-0.4, -0.2) is 59.3 Å². The number of carbonyl (C=O) groups is 1. The number of rotatable bonds is 6. The van der Waals surface area contributed by atoms with Crippen molar-refractivity contribution >= 4 is 5.91 Å². The molecule has 0 aromatic rings. The van der Waals surface area contributed by atoms with Crippen LogP contribution in [0.15, 0.2) is 11.9 Å². The van der Waals surface area contributed by atoms with Gasteiger partial charge in [0.1, 0.15) is 5.83 Å². The lowest BCUT2D eigenvalue weighted by Gasteiger charge is -2.39. The summed E-state index contributed by atoms with van der Waals surface area (Å²) in [7, 11) is 0. The van der Waals surface area contributed by atoms with Crippen LogP contribution in [0, 0.1) is 23.7 Å². The summed E-state index contributed by atoms with van der Waals surface area (Å²) in [6.45, 7) is 6.33. The molecule has 1 saturated carbocycles. The molecule has 1 saturated heterocycles. The van der Waals surface area contributed by atoms with Gasteiger partial charge in [-0.25, -0.2) is 8.78 Å². The van der Waals surface area contributed by atoms with Gasteiger partial charge in [-0.1, -0.05) is 20.3 Å². The maximum absolute atomic E-state index is 13.7. The largest absolute Gasteiger partial charge is 0.412 e. The molecule has 0 aromatic carbocycles. The van der Waals surface area contributed by atoms with Crippen LogP contribution < -0.4 is 5.32 Å². The second kappa shape index (κ2) is 11.5. The van der Waals surface area contributed by atoms with Crippen molar-refractivity contribution in [1.82, 2.24) is 10.2 Å². The fraction of sp³-hybridized carbons (Fsp3) is 0.870. The lowest BCUT2D eigenvalue weighted by molar-refractivity contribution is -0.136. The molecule has 0 radical (unpaired) electrons. The number of amides is 1. The average Bonchev–Trinajstić information content (AvgIpc) is 2.70. The predicted octanol–water partition coefficient (Wildman–Crippen LogP) is 3.17. The van der Waals surface area contributed by atoms with Gasteiger partial charge in [0, 0.05) is 13.1 Å². The van der Waals surface area contributed by atoms with Crippen LogP contribution in [0.25, 0.3) is 0 Å². The van der Waals surface area contributed by atoms with Crippen molar-refractivity contribution in [3.05, 3.63) is 11.9 Å². The van der Waals surface area contributed by atoms with Gasteiger partial charge >= 0.3 is 0 Å². The van der Waals surface area contributed by atoms with Gasteiger partial charge in [-0.05, 0) is 81.2 Å². The number of nitrogens with one attached hydrogen (secondary N) is 1. The third-order valence-electron chi connectivity index (χ3n) is 7.26. The first-order valence-corrected chi connectivity index (χ1v) is 11.5. The molecule has 1 heterocycles. The van der Waals surface area contributed by atoms with Crippen molar-refractivity contribution in [1.29, 1.82) is 0 Å². The predicted molar refractivity (Wildman–Crippen MR) is 114 cm³/mol.